The highest BCUT2D eigenvalue weighted by Gasteiger charge is 2.24. The molecular formula is C26H37ClO5. The van der Waals surface area contributed by atoms with Gasteiger partial charge in [-0.05, 0) is 48.2 Å². The molecule has 178 valence electrons. The Morgan fingerprint density at radius 2 is 1.56 bits per heavy atom. The molecule has 0 saturated heterocycles. The number of benzene rings is 2. The van der Waals surface area contributed by atoms with Gasteiger partial charge in [-0.25, -0.2) is 0 Å². The van der Waals surface area contributed by atoms with Crippen molar-refractivity contribution in [1.82, 2.24) is 0 Å². The van der Waals surface area contributed by atoms with E-state index in [2.05, 4.69) is 45.0 Å². The maximum absolute atomic E-state index is 9.99. The first-order chi connectivity index (χ1) is 15.3. The van der Waals surface area contributed by atoms with Crippen molar-refractivity contribution in [1.29, 1.82) is 0 Å². The Kier molecular flexibility index (Phi) is 10.8. The van der Waals surface area contributed by atoms with Crippen LogP contribution in [-0.4, -0.2) is 54.7 Å². The Morgan fingerprint density at radius 3 is 2.19 bits per heavy atom. The predicted octanol–water partition coefficient (Wildman–Crippen LogP) is 4.86. The van der Waals surface area contributed by atoms with Crippen molar-refractivity contribution in [3.8, 4) is 11.5 Å². The normalized spacial score (nSPS) is 13.6. The van der Waals surface area contributed by atoms with E-state index in [9.17, 15) is 10.2 Å². The summed E-state index contributed by atoms with van der Waals surface area (Å²) in [5.74, 6) is 1.61. The van der Waals surface area contributed by atoms with Crippen LogP contribution >= 0.6 is 11.6 Å². The standard InChI is InChI=1S/C26H37ClO5/c1-5-6-13-30-16-23(29)18-31-24-10-7-20(8-11-24)26(3,4)21-9-12-25(19(2)14-21)32-17-22(28)15-27/h7-12,14,22-23,28-29H,5-6,13,15-18H2,1-4H3. The number of hydrogen-bond acceptors (Lipinski definition) is 5. The summed E-state index contributed by atoms with van der Waals surface area (Å²) in [5, 5.41) is 19.6. The van der Waals surface area contributed by atoms with Crippen LogP contribution in [0.3, 0.4) is 0 Å². The topological polar surface area (TPSA) is 68.2 Å². The first kappa shape index (κ1) is 26.5. The largest absolute Gasteiger partial charge is 0.491 e. The fraction of sp³-hybridized carbons (Fsp3) is 0.538. The number of ether oxygens (including phenoxy) is 3. The molecule has 6 heteroatoms. The Labute approximate surface area is 197 Å². The van der Waals surface area contributed by atoms with Gasteiger partial charge < -0.3 is 24.4 Å². The number of aryl methyl sites for hydroxylation is 1. The monoisotopic (exact) mass is 464 g/mol. The van der Waals surface area contributed by atoms with Crippen molar-refractivity contribution in [2.24, 2.45) is 0 Å². The summed E-state index contributed by atoms with van der Waals surface area (Å²) >= 11 is 5.63. The summed E-state index contributed by atoms with van der Waals surface area (Å²) < 4.78 is 16.8. The molecule has 0 aliphatic carbocycles. The number of unbranched alkanes of at least 4 members (excludes halogenated alkanes) is 1. The molecule has 0 fully saturated rings. The van der Waals surface area contributed by atoms with Crippen molar-refractivity contribution < 1.29 is 24.4 Å². The third kappa shape index (κ3) is 7.96. The first-order valence-corrected chi connectivity index (χ1v) is 11.8. The Morgan fingerprint density at radius 1 is 0.906 bits per heavy atom. The van der Waals surface area contributed by atoms with E-state index >= 15 is 0 Å². The summed E-state index contributed by atoms with van der Waals surface area (Å²) in [6.07, 6.45) is 0.753. The molecule has 0 aromatic heterocycles. The lowest BCUT2D eigenvalue weighted by atomic mass is 9.77. The van der Waals surface area contributed by atoms with E-state index in [0.29, 0.717) is 6.61 Å². The van der Waals surface area contributed by atoms with E-state index in [1.807, 2.05) is 25.1 Å². The number of alkyl halides is 1. The van der Waals surface area contributed by atoms with Crippen LogP contribution in [0.1, 0.15) is 50.3 Å². The van der Waals surface area contributed by atoms with Gasteiger partial charge in [-0.15, -0.1) is 11.6 Å². The second-order valence-corrected chi connectivity index (χ2v) is 8.95. The summed E-state index contributed by atoms with van der Waals surface area (Å²) in [4.78, 5) is 0. The molecule has 0 aliphatic heterocycles. The van der Waals surface area contributed by atoms with E-state index < -0.39 is 12.2 Å². The second kappa shape index (κ2) is 13.0. The molecule has 0 bridgehead atoms. The summed E-state index contributed by atoms with van der Waals surface area (Å²) in [7, 11) is 0. The molecule has 2 unspecified atom stereocenters. The van der Waals surface area contributed by atoms with Gasteiger partial charge in [-0.3, -0.25) is 0 Å². The average Bonchev–Trinajstić information content (AvgIpc) is 2.79. The highest BCUT2D eigenvalue weighted by Crippen LogP contribution is 2.34. The maximum Gasteiger partial charge on any atom is 0.122 e. The van der Waals surface area contributed by atoms with E-state index in [4.69, 9.17) is 25.8 Å². The number of rotatable bonds is 14. The third-order valence-corrected chi connectivity index (χ3v) is 5.83. The van der Waals surface area contributed by atoms with Crippen LogP contribution < -0.4 is 9.47 Å². The highest BCUT2D eigenvalue weighted by molar-refractivity contribution is 6.18. The minimum absolute atomic E-state index is 0.148. The molecule has 0 aliphatic rings. The van der Waals surface area contributed by atoms with Gasteiger partial charge in [0.05, 0.1) is 12.5 Å². The lowest BCUT2D eigenvalue weighted by molar-refractivity contribution is 0.0113. The molecule has 2 N–H and O–H groups in total. The van der Waals surface area contributed by atoms with Gasteiger partial charge in [-0.1, -0.05) is 51.5 Å². The highest BCUT2D eigenvalue weighted by atomic mass is 35.5. The number of aliphatic hydroxyl groups excluding tert-OH is 2. The maximum atomic E-state index is 9.99. The quantitative estimate of drug-likeness (QED) is 0.309. The molecular weight excluding hydrogens is 428 g/mol. The molecule has 2 aromatic carbocycles. The Bertz CT molecular complexity index is 806. The molecule has 0 spiro atoms. The molecule has 0 saturated carbocycles. The van der Waals surface area contributed by atoms with E-state index in [-0.39, 0.29) is 31.1 Å². The molecule has 2 rings (SSSR count). The van der Waals surface area contributed by atoms with Crippen molar-refractivity contribution in [2.75, 3.05) is 32.3 Å². The van der Waals surface area contributed by atoms with E-state index in [0.717, 1.165) is 41.0 Å². The predicted molar refractivity (Wildman–Crippen MR) is 129 cm³/mol. The van der Waals surface area contributed by atoms with Crippen LogP contribution in [0.4, 0.5) is 0 Å². The van der Waals surface area contributed by atoms with Gasteiger partial charge in [-0.2, -0.15) is 0 Å². The summed E-state index contributed by atoms with van der Waals surface area (Å²) in [6.45, 7) is 9.78. The molecule has 0 heterocycles. The summed E-state index contributed by atoms with van der Waals surface area (Å²) in [6, 6.07) is 14.1. The molecule has 32 heavy (non-hydrogen) atoms. The minimum atomic E-state index is -0.678. The summed E-state index contributed by atoms with van der Waals surface area (Å²) in [5.41, 5.74) is 3.10. The van der Waals surface area contributed by atoms with Gasteiger partial charge in [0.2, 0.25) is 0 Å². The second-order valence-electron chi connectivity index (χ2n) is 8.64. The molecule has 0 amide bonds. The Hall–Kier alpha value is -1.79. The van der Waals surface area contributed by atoms with Gasteiger partial charge in [0.15, 0.2) is 0 Å². The number of halogens is 1. The lowest BCUT2D eigenvalue weighted by Crippen LogP contribution is -2.24. The van der Waals surface area contributed by atoms with Crippen LogP contribution in [0.5, 0.6) is 11.5 Å². The van der Waals surface area contributed by atoms with E-state index in [1.54, 1.807) is 0 Å². The van der Waals surface area contributed by atoms with Crippen LogP contribution in [0, 0.1) is 6.92 Å². The van der Waals surface area contributed by atoms with Crippen molar-refractivity contribution in [2.45, 2.75) is 58.2 Å². The SMILES string of the molecule is CCCCOCC(O)COc1ccc(C(C)(C)c2ccc(OCC(O)CCl)c(C)c2)cc1. The van der Waals surface area contributed by atoms with Crippen molar-refractivity contribution >= 4 is 11.6 Å². The molecule has 2 aromatic rings. The zero-order chi connectivity index (χ0) is 23.6. The van der Waals surface area contributed by atoms with Crippen LogP contribution in [-0.2, 0) is 10.2 Å². The lowest BCUT2D eigenvalue weighted by Gasteiger charge is -2.27. The Balaban J connectivity index is 1.96. The third-order valence-electron chi connectivity index (χ3n) is 5.48. The van der Waals surface area contributed by atoms with Gasteiger partial charge >= 0.3 is 0 Å². The molecule has 0 radical (unpaired) electrons. The fourth-order valence-electron chi connectivity index (χ4n) is 3.27. The smallest absolute Gasteiger partial charge is 0.122 e. The fourth-order valence-corrected chi connectivity index (χ4v) is 3.36. The minimum Gasteiger partial charge on any atom is -0.491 e. The van der Waals surface area contributed by atoms with Gasteiger partial charge in [0, 0.05) is 12.0 Å². The first-order valence-electron chi connectivity index (χ1n) is 11.2. The zero-order valence-electron chi connectivity index (χ0n) is 19.6. The van der Waals surface area contributed by atoms with Gasteiger partial charge in [0.1, 0.15) is 36.9 Å². The van der Waals surface area contributed by atoms with E-state index in [1.165, 1.54) is 0 Å². The molecule has 5 nitrogen and oxygen atoms in total. The van der Waals surface area contributed by atoms with Crippen LogP contribution in [0.15, 0.2) is 42.5 Å². The van der Waals surface area contributed by atoms with Crippen molar-refractivity contribution in [3.05, 3.63) is 59.2 Å². The van der Waals surface area contributed by atoms with Crippen LogP contribution in [0.2, 0.25) is 0 Å². The average molecular weight is 465 g/mol. The zero-order valence-corrected chi connectivity index (χ0v) is 20.4. The van der Waals surface area contributed by atoms with Crippen molar-refractivity contribution in [3.63, 3.8) is 0 Å². The van der Waals surface area contributed by atoms with Crippen LogP contribution in [0.25, 0.3) is 0 Å². The molecule has 2 atom stereocenters. The van der Waals surface area contributed by atoms with Gasteiger partial charge in [0.25, 0.3) is 0 Å². The number of aliphatic hydroxyl groups is 2. The number of hydrogen-bond donors (Lipinski definition) is 2.